The largest absolute Gasteiger partial charge is 0.416 e. The fourth-order valence-electron chi connectivity index (χ4n) is 2.02. The van der Waals surface area contributed by atoms with Gasteiger partial charge in [-0.15, -0.1) is 0 Å². The van der Waals surface area contributed by atoms with E-state index in [1.807, 2.05) is 0 Å². The number of benzene rings is 1. The number of carbonyl (C=O) groups excluding carboxylic acids is 1. The number of nitrogens with one attached hydrogen (secondary N) is 1. The minimum absolute atomic E-state index is 0.258. The molecule has 0 aromatic heterocycles. The van der Waals surface area contributed by atoms with Crippen LogP contribution in [0.25, 0.3) is 0 Å². The Morgan fingerprint density at radius 1 is 1.00 bits per heavy atom. The van der Waals surface area contributed by atoms with Gasteiger partial charge in [-0.25, -0.2) is 0 Å². The van der Waals surface area contributed by atoms with Gasteiger partial charge in [-0.3, -0.25) is 4.79 Å². The van der Waals surface area contributed by atoms with Crippen LogP contribution in [0, 0.1) is 0 Å². The molecule has 0 saturated carbocycles. The van der Waals surface area contributed by atoms with E-state index < -0.39 is 11.7 Å². The summed E-state index contributed by atoms with van der Waals surface area (Å²) < 4.78 is 37.2. The lowest BCUT2D eigenvalue weighted by atomic mass is 10.1. The lowest BCUT2D eigenvalue weighted by Crippen LogP contribution is -2.24. The van der Waals surface area contributed by atoms with Gasteiger partial charge in [0.25, 0.3) is 5.91 Å². The molecule has 1 rings (SSSR count). The number of unbranched alkanes of at least 4 members (excludes halogenated alkanes) is 5. The summed E-state index contributed by atoms with van der Waals surface area (Å²) in [6, 6.07) is 4.28. The monoisotopic (exact) mass is 301 g/mol. The van der Waals surface area contributed by atoms with E-state index in [0.717, 1.165) is 31.4 Å². The average Bonchev–Trinajstić information content (AvgIpc) is 2.45. The summed E-state index contributed by atoms with van der Waals surface area (Å²) in [6.07, 6.45) is 2.40. The molecule has 2 nitrogen and oxygen atoms in total. The van der Waals surface area contributed by atoms with Crippen LogP contribution in [0.1, 0.15) is 61.4 Å². The van der Waals surface area contributed by atoms with Crippen molar-refractivity contribution in [2.45, 2.75) is 51.6 Å². The number of alkyl halides is 3. The second-order valence-electron chi connectivity index (χ2n) is 5.10. The van der Waals surface area contributed by atoms with Crippen molar-refractivity contribution >= 4 is 5.91 Å². The first kappa shape index (κ1) is 17.5. The smallest absolute Gasteiger partial charge is 0.352 e. The van der Waals surface area contributed by atoms with Crippen LogP contribution in [-0.4, -0.2) is 12.5 Å². The molecule has 0 aliphatic heterocycles. The first-order chi connectivity index (χ1) is 9.95. The van der Waals surface area contributed by atoms with Crippen LogP contribution in [0.2, 0.25) is 0 Å². The van der Waals surface area contributed by atoms with Gasteiger partial charge in [0.05, 0.1) is 5.56 Å². The van der Waals surface area contributed by atoms with E-state index in [9.17, 15) is 18.0 Å². The number of hydrogen-bond donors (Lipinski definition) is 1. The Labute approximate surface area is 123 Å². The number of carbonyl (C=O) groups is 1. The third-order valence-electron chi connectivity index (χ3n) is 3.29. The Kier molecular flexibility index (Phi) is 7.26. The van der Waals surface area contributed by atoms with E-state index >= 15 is 0 Å². The molecule has 118 valence electrons. The molecule has 0 aliphatic carbocycles. The number of amides is 1. The lowest BCUT2D eigenvalue weighted by molar-refractivity contribution is -0.137. The van der Waals surface area contributed by atoms with Gasteiger partial charge < -0.3 is 5.32 Å². The van der Waals surface area contributed by atoms with Crippen LogP contribution in [0.5, 0.6) is 0 Å². The molecule has 0 saturated heterocycles. The van der Waals surface area contributed by atoms with Crippen molar-refractivity contribution < 1.29 is 18.0 Å². The van der Waals surface area contributed by atoms with E-state index in [-0.39, 0.29) is 11.5 Å². The zero-order chi connectivity index (χ0) is 15.7. The van der Waals surface area contributed by atoms with Crippen molar-refractivity contribution in [1.82, 2.24) is 5.32 Å². The maximum atomic E-state index is 12.4. The highest BCUT2D eigenvalue weighted by atomic mass is 19.4. The van der Waals surface area contributed by atoms with Crippen LogP contribution >= 0.6 is 0 Å². The van der Waals surface area contributed by atoms with Crippen LogP contribution < -0.4 is 5.32 Å². The summed E-state index contributed by atoms with van der Waals surface area (Å²) in [4.78, 5) is 11.7. The summed E-state index contributed by atoms with van der Waals surface area (Å²) in [7, 11) is 0. The third kappa shape index (κ3) is 6.65. The van der Waals surface area contributed by atoms with Gasteiger partial charge in [-0.2, -0.15) is 13.2 Å². The van der Waals surface area contributed by atoms with E-state index in [1.54, 1.807) is 0 Å². The van der Waals surface area contributed by atoms with E-state index in [2.05, 4.69) is 12.2 Å². The molecule has 1 N–H and O–H groups in total. The molecule has 0 bridgehead atoms. The minimum atomic E-state index is -4.37. The van der Waals surface area contributed by atoms with Gasteiger partial charge in [-0.05, 0) is 30.7 Å². The molecule has 0 heterocycles. The van der Waals surface area contributed by atoms with Crippen LogP contribution in [0.3, 0.4) is 0 Å². The summed E-state index contributed by atoms with van der Waals surface area (Å²) in [5.41, 5.74) is -0.482. The van der Waals surface area contributed by atoms with Gasteiger partial charge in [0.15, 0.2) is 0 Å². The standard InChI is InChI=1S/C16H22F3NO/c1-2-3-4-5-6-7-12-20-15(21)13-8-10-14(11-9-13)16(17,18)19/h8-11H,2-7,12H2,1H3,(H,20,21). The second-order valence-corrected chi connectivity index (χ2v) is 5.10. The SMILES string of the molecule is CCCCCCCCNC(=O)c1ccc(C(F)(F)F)cc1. The molecule has 0 atom stereocenters. The van der Waals surface area contributed by atoms with E-state index in [4.69, 9.17) is 0 Å². The normalized spacial score (nSPS) is 11.4. The highest BCUT2D eigenvalue weighted by Crippen LogP contribution is 2.29. The number of rotatable bonds is 8. The fourth-order valence-corrected chi connectivity index (χ4v) is 2.02. The molecular weight excluding hydrogens is 279 g/mol. The van der Waals surface area contributed by atoms with Crippen LogP contribution in [0.15, 0.2) is 24.3 Å². The quantitative estimate of drug-likeness (QED) is 0.687. The third-order valence-corrected chi connectivity index (χ3v) is 3.29. The molecule has 0 spiro atoms. The predicted molar refractivity (Wildman–Crippen MR) is 77.2 cm³/mol. The Morgan fingerprint density at radius 2 is 1.57 bits per heavy atom. The van der Waals surface area contributed by atoms with Gasteiger partial charge in [0, 0.05) is 12.1 Å². The average molecular weight is 301 g/mol. The van der Waals surface area contributed by atoms with E-state index in [1.165, 1.54) is 31.4 Å². The topological polar surface area (TPSA) is 29.1 Å². The maximum Gasteiger partial charge on any atom is 0.416 e. The van der Waals surface area contributed by atoms with Gasteiger partial charge in [0.1, 0.15) is 0 Å². The highest BCUT2D eigenvalue weighted by molar-refractivity contribution is 5.94. The first-order valence-electron chi connectivity index (χ1n) is 7.40. The van der Waals surface area contributed by atoms with Crippen molar-refractivity contribution in [1.29, 1.82) is 0 Å². The zero-order valence-electron chi connectivity index (χ0n) is 12.3. The Bertz CT molecular complexity index is 426. The van der Waals surface area contributed by atoms with Crippen LogP contribution in [0.4, 0.5) is 13.2 Å². The Morgan fingerprint density at radius 3 is 2.14 bits per heavy atom. The highest BCUT2D eigenvalue weighted by Gasteiger charge is 2.30. The summed E-state index contributed by atoms with van der Waals surface area (Å²) in [5, 5.41) is 2.73. The number of halogens is 3. The molecule has 1 amide bonds. The summed E-state index contributed by atoms with van der Waals surface area (Å²) >= 11 is 0. The molecule has 0 fully saturated rings. The molecule has 1 aromatic rings. The molecule has 0 radical (unpaired) electrons. The van der Waals surface area contributed by atoms with Crippen molar-refractivity contribution in [2.75, 3.05) is 6.54 Å². The minimum Gasteiger partial charge on any atom is -0.352 e. The molecule has 1 aromatic carbocycles. The maximum absolute atomic E-state index is 12.4. The van der Waals surface area contributed by atoms with Gasteiger partial charge >= 0.3 is 6.18 Å². The first-order valence-corrected chi connectivity index (χ1v) is 7.40. The van der Waals surface area contributed by atoms with Crippen molar-refractivity contribution in [3.8, 4) is 0 Å². The molecule has 0 unspecified atom stereocenters. The van der Waals surface area contributed by atoms with Crippen molar-refractivity contribution in [3.63, 3.8) is 0 Å². The lowest BCUT2D eigenvalue weighted by Gasteiger charge is -2.08. The van der Waals surface area contributed by atoms with E-state index in [0.29, 0.717) is 6.54 Å². The Hall–Kier alpha value is -1.52. The van der Waals surface area contributed by atoms with Crippen LogP contribution in [-0.2, 0) is 6.18 Å². The van der Waals surface area contributed by atoms with Gasteiger partial charge in [-0.1, -0.05) is 39.0 Å². The van der Waals surface area contributed by atoms with Gasteiger partial charge in [0.2, 0.25) is 0 Å². The fraction of sp³-hybridized carbons (Fsp3) is 0.562. The molecular formula is C16H22F3NO. The molecule has 21 heavy (non-hydrogen) atoms. The molecule has 0 aliphatic rings. The predicted octanol–water partition coefficient (Wildman–Crippen LogP) is 4.80. The second kappa shape index (κ2) is 8.70. The summed E-state index contributed by atoms with van der Waals surface area (Å²) in [5.74, 6) is -0.322. The van der Waals surface area contributed by atoms with Crippen molar-refractivity contribution in [2.24, 2.45) is 0 Å². The summed E-state index contributed by atoms with van der Waals surface area (Å²) in [6.45, 7) is 2.72. The Balaban J connectivity index is 2.29. The molecule has 5 heteroatoms. The zero-order valence-corrected chi connectivity index (χ0v) is 12.3. The number of hydrogen-bond acceptors (Lipinski definition) is 1. The van der Waals surface area contributed by atoms with Crippen molar-refractivity contribution in [3.05, 3.63) is 35.4 Å².